The fraction of sp³-hybridized carbons (Fsp3) is 0.308. The van der Waals surface area contributed by atoms with Gasteiger partial charge in [0.05, 0.1) is 25.0 Å². The zero-order valence-electron chi connectivity index (χ0n) is 18.5. The van der Waals surface area contributed by atoms with E-state index in [9.17, 15) is 4.79 Å². The Morgan fingerprint density at radius 3 is 2.66 bits per heavy atom. The molecule has 0 unspecified atom stereocenters. The number of Topliss-reactive ketones (excluding diaryl/α,β-unsaturated/α-hetero) is 1. The van der Waals surface area contributed by atoms with E-state index in [-0.39, 0.29) is 17.6 Å². The maximum atomic E-state index is 13.6. The van der Waals surface area contributed by atoms with Crippen molar-refractivity contribution in [1.82, 2.24) is 5.16 Å². The molecule has 32 heavy (non-hydrogen) atoms. The Labute approximate surface area is 187 Å². The number of benzene rings is 2. The second kappa shape index (κ2) is 8.19. The summed E-state index contributed by atoms with van der Waals surface area (Å²) in [4.78, 5) is 13.6. The highest BCUT2D eigenvalue weighted by Crippen LogP contribution is 2.49. The SMILES string of the molecule is CCOc1cc([C@H]2C3=C(C[C@H](c4ccccc4)CC3=O)Nc3onc(C)c32)ccc1OC. The summed E-state index contributed by atoms with van der Waals surface area (Å²) in [7, 11) is 1.62. The number of aryl methyl sites for hydroxylation is 1. The average Bonchev–Trinajstić information content (AvgIpc) is 3.18. The van der Waals surface area contributed by atoms with Crippen LogP contribution < -0.4 is 14.8 Å². The van der Waals surface area contributed by atoms with Crippen molar-refractivity contribution in [2.45, 2.75) is 38.5 Å². The number of fused-ring (bicyclic) bond motifs is 1. The average molecular weight is 431 g/mol. The lowest BCUT2D eigenvalue weighted by Gasteiger charge is -2.34. The van der Waals surface area contributed by atoms with Crippen LogP contribution in [0.5, 0.6) is 11.5 Å². The minimum Gasteiger partial charge on any atom is -0.493 e. The first-order chi connectivity index (χ1) is 15.6. The first kappa shape index (κ1) is 20.4. The molecule has 0 radical (unpaired) electrons. The van der Waals surface area contributed by atoms with E-state index in [1.807, 2.05) is 50.2 Å². The van der Waals surface area contributed by atoms with E-state index >= 15 is 0 Å². The maximum absolute atomic E-state index is 13.6. The van der Waals surface area contributed by atoms with Gasteiger partial charge >= 0.3 is 0 Å². The third-order valence-electron chi connectivity index (χ3n) is 6.35. The normalized spacial score (nSPS) is 19.8. The molecule has 1 aliphatic carbocycles. The molecule has 2 atom stereocenters. The largest absolute Gasteiger partial charge is 0.493 e. The van der Waals surface area contributed by atoms with Gasteiger partial charge in [0.2, 0.25) is 5.88 Å². The van der Waals surface area contributed by atoms with Gasteiger partial charge in [0.1, 0.15) is 0 Å². The van der Waals surface area contributed by atoms with E-state index in [1.54, 1.807) is 7.11 Å². The van der Waals surface area contributed by atoms with E-state index in [0.717, 1.165) is 34.5 Å². The van der Waals surface area contributed by atoms with Gasteiger partial charge in [-0.05, 0) is 49.4 Å². The first-order valence-corrected chi connectivity index (χ1v) is 11.0. The molecule has 0 amide bonds. The fourth-order valence-electron chi connectivity index (χ4n) is 4.91. The summed E-state index contributed by atoms with van der Waals surface area (Å²) in [5.41, 5.74) is 5.52. The lowest BCUT2D eigenvalue weighted by atomic mass is 9.72. The number of allylic oxidation sites excluding steroid dienone is 2. The van der Waals surface area contributed by atoms with Crippen molar-refractivity contribution < 1.29 is 18.8 Å². The number of hydrogen-bond donors (Lipinski definition) is 1. The second-order valence-corrected chi connectivity index (χ2v) is 8.24. The van der Waals surface area contributed by atoms with Gasteiger partial charge in [0.15, 0.2) is 17.3 Å². The van der Waals surface area contributed by atoms with Crippen molar-refractivity contribution in [1.29, 1.82) is 0 Å². The number of hydrogen-bond acceptors (Lipinski definition) is 6. The molecule has 0 bridgehead atoms. The number of nitrogens with zero attached hydrogens (tertiary/aromatic N) is 1. The Kier molecular flexibility index (Phi) is 5.21. The van der Waals surface area contributed by atoms with Crippen LogP contribution in [0.2, 0.25) is 0 Å². The van der Waals surface area contributed by atoms with Crippen LogP contribution in [0, 0.1) is 6.92 Å². The summed E-state index contributed by atoms with van der Waals surface area (Å²) in [5, 5.41) is 7.58. The third-order valence-corrected chi connectivity index (χ3v) is 6.35. The zero-order chi connectivity index (χ0) is 22.2. The van der Waals surface area contributed by atoms with Gasteiger partial charge in [-0.2, -0.15) is 0 Å². The van der Waals surface area contributed by atoms with Gasteiger partial charge in [0, 0.05) is 23.6 Å². The van der Waals surface area contributed by atoms with E-state index < -0.39 is 0 Å². The van der Waals surface area contributed by atoms with Gasteiger partial charge in [-0.15, -0.1) is 0 Å². The molecule has 0 spiro atoms. The molecule has 2 heterocycles. The standard InChI is InChI=1S/C26H26N2O4/c1-4-31-22-14-17(10-11-21(22)30-3)24-23-15(2)28-32-26(23)27-19-12-18(13-20(29)25(19)24)16-8-6-5-7-9-16/h5-11,14,18,24,27H,4,12-13H2,1-3H3/t18-,24+/m0/s1. The molecule has 1 aliphatic heterocycles. The van der Waals surface area contributed by atoms with E-state index in [2.05, 4.69) is 22.6 Å². The van der Waals surface area contributed by atoms with Crippen molar-refractivity contribution in [2.75, 3.05) is 19.0 Å². The predicted molar refractivity (Wildman–Crippen MR) is 121 cm³/mol. The third kappa shape index (κ3) is 3.36. The van der Waals surface area contributed by atoms with Crippen LogP contribution in [-0.4, -0.2) is 24.7 Å². The van der Waals surface area contributed by atoms with Crippen LogP contribution in [0.15, 0.2) is 64.3 Å². The van der Waals surface area contributed by atoms with Crippen LogP contribution in [0.1, 0.15) is 54.0 Å². The highest BCUT2D eigenvalue weighted by atomic mass is 16.5. The van der Waals surface area contributed by atoms with Gasteiger partial charge < -0.3 is 19.3 Å². The van der Waals surface area contributed by atoms with Gasteiger partial charge in [0.25, 0.3) is 0 Å². The Morgan fingerprint density at radius 2 is 1.91 bits per heavy atom. The summed E-state index contributed by atoms with van der Waals surface area (Å²) in [6.07, 6.45) is 1.23. The number of ether oxygens (including phenoxy) is 2. The minimum atomic E-state index is -0.262. The van der Waals surface area contributed by atoms with E-state index in [4.69, 9.17) is 14.0 Å². The highest BCUT2D eigenvalue weighted by Gasteiger charge is 2.41. The Bertz CT molecular complexity index is 1200. The first-order valence-electron chi connectivity index (χ1n) is 11.0. The molecule has 3 aromatic rings. The van der Waals surface area contributed by atoms with Crippen molar-refractivity contribution in [3.8, 4) is 11.5 Å². The van der Waals surface area contributed by atoms with Crippen molar-refractivity contribution >= 4 is 11.7 Å². The van der Waals surface area contributed by atoms with Gasteiger partial charge in [-0.25, -0.2) is 0 Å². The topological polar surface area (TPSA) is 73.6 Å². The van der Waals surface area contributed by atoms with Crippen LogP contribution in [-0.2, 0) is 4.79 Å². The molecule has 1 aromatic heterocycles. The molecule has 0 saturated carbocycles. The number of carbonyl (C=O) groups excluding carboxylic acids is 1. The number of methoxy groups -OCH3 is 1. The van der Waals surface area contributed by atoms with Gasteiger partial charge in [-0.1, -0.05) is 41.6 Å². The number of ketones is 1. The number of rotatable bonds is 5. The fourth-order valence-corrected chi connectivity index (χ4v) is 4.91. The number of nitrogens with one attached hydrogen (secondary N) is 1. The number of carbonyl (C=O) groups is 1. The van der Waals surface area contributed by atoms with Gasteiger partial charge in [-0.3, -0.25) is 4.79 Å². The van der Waals surface area contributed by atoms with E-state index in [0.29, 0.717) is 30.4 Å². The molecule has 164 valence electrons. The van der Waals surface area contributed by atoms with Crippen molar-refractivity contribution in [3.05, 3.63) is 82.2 Å². The van der Waals surface area contributed by atoms with Crippen LogP contribution >= 0.6 is 0 Å². The summed E-state index contributed by atoms with van der Waals surface area (Å²) < 4.78 is 16.9. The smallest absolute Gasteiger partial charge is 0.233 e. The summed E-state index contributed by atoms with van der Waals surface area (Å²) in [5.74, 6) is 1.96. The molecule has 0 saturated heterocycles. The minimum absolute atomic E-state index is 0.135. The molecule has 6 nitrogen and oxygen atoms in total. The Balaban J connectivity index is 1.63. The summed E-state index contributed by atoms with van der Waals surface area (Å²) in [6.45, 7) is 4.37. The Hall–Kier alpha value is -3.54. The molecule has 6 heteroatoms. The lowest BCUT2D eigenvalue weighted by molar-refractivity contribution is -0.116. The zero-order valence-corrected chi connectivity index (χ0v) is 18.5. The Morgan fingerprint density at radius 1 is 1.09 bits per heavy atom. The molecule has 5 rings (SSSR count). The van der Waals surface area contributed by atoms with Crippen LogP contribution in [0.3, 0.4) is 0 Å². The second-order valence-electron chi connectivity index (χ2n) is 8.24. The quantitative estimate of drug-likeness (QED) is 0.588. The summed E-state index contributed by atoms with van der Waals surface area (Å²) in [6, 6.07) is 16.1. The van der Waals surface area contributed by atoms with Crippen LogP contribution in [0.25, 0.3) is 0 Å². The monoisotopic (exact) mass is 430 g/mol. The molecule has 0 fully saturated rings. The molecule has 1 N–H and O–H groups in total. The number of anilines is 1. The molecular formula is C26H26N2O4. The maximum Gasteiger partial charge on any atom is 0.233 e. The number of aromatic nitrogens is 1. The van der Waals surface area contributed by atoms with Crippen LogP contribution in [0.4, 0.5) is 5.88 Å². The molecular weight excluding hydrogens is 404 g/mol. The predicted octanol–water partition coefficient (Wildman–Crippen LogP) is 5.35. The van der Waals surface area contributed by atoms with Crippen molar-refractivity contribution in [2.24, 2.45) is 0 Å². The highest BCUT2D eigenvalue weighted by molar-refractivity contribution is 6.01. The van der Waals surface area contributed by atoms with Crippen molar-refractivity contribution in [3.63, 3.8) is 0 Å². The molecule has 2 aromatic carbocycles. The lowest BCUT2D eigenvalue weighted by Crippen LogP contribution is -2.29. The molecule has 2 aliphatic rings. The summed E-state index contributed by atoms with van der Waals surface area (Å²) >= 11 is 0. The van der Waals surface area contributed by atoms with E-state index in [1.165, 1.54) is 5.56 Å².